The van der Waals surface area contributed by atoms with E-state index in [1.807, 2.05) is 11.8 Å². The zero-order valence-corrected chi connectivity index (χ0v) is 12.8. The first-order valence-corrected chi connectivity index (χ1v) is 7.45. The maximum Gasteiger partial charge on any atom is 0.241 e. The number of hydrogen-bond acceptors (Lipinski definition) is 3. The minimum absolute atomic E-state index is 0.0950. The van der Waals surface area contributed by atoms with Gasteiger partial charge in [0.25, 0.3) is 0 Å². The van der Waals surface area contributed by atoms with E-state index in [0.29, 0.717) is 17.3 Å². The van der Waals surface area contributed by atoms with Crippen LogP contribution >= 0.6 is 11.6 Å². The Morgan fingerprint density at radius 1 is 1.38 bits per heavy atom. The number of nitrogens with two attached hydrogens (primary N) is 1. The second-order valence-corrected chi connectivity index (χ2v) is 5.85. The summed E-state index contributed by atoms with van der Waals surface area (Å²) >= 11 is 5.81. The minimum atomic E-state index is -0.303. The van der Waals surface area contributed by atoms with Gasteiger partial charge in [0.05, 0.1) is 12.0 Å². The van der Waals surface area contributed by atoms with Crippen molar-refractivity contribution in [2.45, 2.75) is 25.8 Å². The summed E-state index contributed by atoms with van der Waals surface area (Å²) < 4.78 is 0. The number of halogens is 1. The van der Waals surface area contributed by atoms with Crippen molar-refractivity contribution in [2.24, 2.45) is 11.7 Å². The molecule has 0 bridgehead atoms. The molecule has 1 aromatic carbocycles. The van der Waals surface area contributed by atoms with E-state index in [9.17, 15) is 9.59 Å². The van der Waals surface area contributed by atoms with Crippen molar-refractivity contribution in [1.82, 2.24) is 4.90 Å². The average Bonchev–Trinajstić information content (AvgIpc) is 2.49. The number of anilines is 1. The molecule has 0 spiro atoms. The van der Waals surface area contributed by atoms with Crippen molar-refractivity contribution < 1.29 is 9.59 Å². The van der Waals surface area contributed by atoms with E-state index in [-0.39, 0.29) is 23.8 Å². The van der Waals surface area contributed by atoms with E-state index in [2.05, 4.69) is 5.32 Å². The molecule has 0 aliphatic carbocycles. The average molecular weight is 310 g/mol. The number of rotatable bonds is 4. The lowest BCUT2D eigenvalue weighted by atomic mass is 9.96. The third-order valence-corrected chi connectivity index (χ3v) is 4.15. The van der Waals surface area contributed by atoms with Crippen LogP contribution in [-0.4, -0.2) is 35.8 Å². The summed E-state index contributed by atoms with van der Waals surface area (Å²) in [6.07, 6.45) is 1.68. The monoisotopic (exact) mass is 309 g/mol. The summed E-state index contributed by atoms with van der Waals surface area (Å²) in [5, 5.41) is 3.48. The van der Waals surface area contributed by atoms with Gasteiger partial charge in [-0.05, 0) is 50.6 Å². The van der Waals surface area contributed by atoms with Gasteiger partial charge in [-0.15, -0.1) is 0 Å². The van der Waals surface area contributed by atoms with Crippen molar-refractivity contribution in [3.8, 4) is 0 Å². The van der Waals surface area contributed by atoms with Gasteiger partial charge < -0.3 is 11.1 Å². The van der Waals surface area contributed by atoms with Crippen LogP contribution in [0, 0.1) is 5.92 Å². The molecule has 114 valence electrons. The van der Waals surface area contributed by atoms with Crippen molar-refractivity contribution in [1.29, 1.82) is 0 Å². The number of amides is 2. The highest BCUT2D eigenvalue weighted by Crippen LogP contribution is 2.19. The lowest BCUT2D eigenvalue weighted by Gasteiger charge is -2.34. The number of likely N-dealkylation sites (tertiary alicyclic amines) is 1. The summed E-state index contributed by atoms with van der Waals surface area (Å²) in [6, 6.07) is 6.67. The second kappa shape index (κ2) is 6.91. The molecule has 2 unspecified atom stereocenters. The molecule has 21 heavy (non-hydrogen) atoms. The van der Waals surface area contributed by atoms with Gasteiger partial charge >= 0.3 is 0 Å². The van der Waals surface area contributed by atoms with Crippen LogP contribution in [0.25, 0.3) is 0 Å². The van der Waals surface area contributed by atoms with Crippen LogP contribution < -0.4 is 11.1 Å². The van der Waals surface area contributed by atoms with Gasteiger partial charge in [0.2, 0.25) is 11.8 Å². The van der Waals surface area contributed by atoms with E-state index < -0.39 is 0 Å². The standard InChI is InChI=1S/C15H20ClN3O2/c1-10(19-8-2-3-11(9-19)14(17)20)15(21)18-13-6-4-12(16)5-7-13/h4-7,10-11H,2-3,8-9H2,1H3,(H2,17,20)(H,18,21). The first-order chi connectivity index (χ1) is 9.97. The van der Waals surface area contributed by atoms with E-state index >= 15 is 0 Å². The predicted molar refractivity (Wildman–Crippen MR) is 83.0 cm³/mol. The molecule has 2 amide bonds. The largest absolute Gasteiger partial charge is 0.369 e. The van der Waals surface area contributed by atoms with Crippen LogP contribution in [0.3, 0.4) is 0 Å². The Morgan fingerprint density at radius 2 is 2.05 bits per heavy atom. The number of nitrogens with zero attached hydrogens (tertiary/aromatic N) is 1. The predicted octanol–water partition coefficient (Wildman–Crippen LogP) is 1.86. The summed E-state index contributed by atoms with van der Waals surface area (Å²) in [5.74, 6) is -0.544. The van der Waals surface area contributed by atoms with Gasteiger partial charge in [0, 0.05) is 17.3 Å². The van der Waals surface area contributed by atoms with Crippen LogP contribution in [-0.2, 0) is 9.59 Å². The van der Waals surface area contributed by atoms with E-state index in [0.717, 1.165) is 19.4 Å². The van der Waals surface area contributed by atoms with Gasteiger partial charge in [0.1, 0.15) is 0 Å². The van der Waals surface area contributed by atoms with Crippen LogP contribution in [0.15, 0.2) is 24.3 Å². The number of nitrogens with one attached hydrogen (secondary N) is 1. The topological polar surface area (TPSA) is 75.4 Å². The quantitative estimate of drug-likeness (QED) is 0.891. The van der Waals surface area contributed by atoms with Crippen molar-refractivity contribution in [2.75, 3.05) is 18.4 Å². The highest BCUT2D eigenvalue weighted by atomic mass is 35.5. The normalized spacial score (nSPS) is 20.8. The smallest absolute Gasteiger partial charge is 0.241 e. The fourth-order valence-corrected chi connectivity index (χ4v) is 2.66. The molecule has 5 nitrogen and oxygen atoms in total. The molecule has 3 N–H and O–H groups in total. The van der Waals surface area contributed by atoms with Crippen LogP contribution in [0.4, 0.5) is 5.69 Å². The van der Waals surface area contributed by atoms with Gasteiger partial charge in [-0.3, -0.25) is 14.5 Å². The second-order valence-electron chi connectivity index (χ2n) is 5.41. The Hall–Kier alpha value is -1.59. The summed E-state index contributed by atoms with van der Waals surface area (Å²) in [7, 11) is 0. The Bertz CT molecular complexity index is 518. The number of hydrogen-bond donors (Lipinski definition) is 2. The molecule has 1 aliphatic heterocycles. The third kappa shape index (κ3) is 4.19. The molecule has 0 aromatic heterocycles. The lowest BCUT2D eigenvalue weighted by molar-refractivity contribution is -0.127. The molecule has 0 saturated carbocycles. The maximum atomic E-state index is 12.3. The Labute approximate surface area is 129 Å². The Kier molecular flexibility index (Phi) is 5.20. The zero-order valence-electron chi connectivity index (χ0n) is 12.0. The maximum absolute atomic E-state index is 12.3. The molecule has 6 heteroatoms. The molecule has 1 saturated heterocycles. The number of carbonyl (C=O) groups excluding carboxylic acids is 2. The van der Waals surface area contributed by atoms with E-state index in [4.69, 9.17) is 17.3 Å². The molecule has 1 fully saturated rings. The highest BCUT2D eigenvalue weighted by Gasteiger charge is 2.29. The van der Waals surface area contributed by atoms with E-state index in [1.54, 1.807) is 24.3 Å². The van der Waals surface area contributed by atoms with Crippen LogP contribution in [0.5, 0.6) is 0 Å². The molecular weight excluding hydrogens is 290 g/mol. The van der Waals surface area contributed by atoms with Gasteiger partial charge in [0.15, 0.2) is 0 Å². The van der Waals surface area contributed by atoms with E-state index in [1.165, 1.54) is 0 Å². The van der Waals surface area contributed by atoms with Crippen LogP contribution in [0.2, 0.25) is 5.02 Å². The van der Waals surface area contributed by atoms with Gasteiger partial charge in [-0.1, -0.05) is 11.6 Å². The third-order valence-electron chi connectivity index (χ3n) is 3.89. The lowest BCUT2D eigenvalue weighted by Crippen LogP contribution is -2.49. The SMILES string of the molecule is CC(C(=O)Nc1ccc(Cl)cc1)N1CCCC(C(N)=O)C1. The highest BCUT2D eigenvalue weighted by molar-refractivity contribution is 6.30. The minimum Gasteiger partial charge on any atom is -0.369 e. The summed E-state index contributed by atoms with van der Waals surface area (Å²) in [4.78, 5) is 25.6. The fraction of sp³-hybridized carbons (Fsp3) is 0.467. The summed E-state index contributed by atoms with van der Waals surface area (Å²) in [5.41, 5.74) is 6.07. The molecule has 0 radical (unpaired) electrons. The fourth-order valence-electron chi connectivity index (χ4n) is 2.54. The van der Waals surface area contributed by atoms with Crippen LogP contribution in [0.1, 0.15) is 19.8 Å². The van der Waals surface area contributed by atoms with Gasteiger partial charge in [-0.25, -0.2) is 0 Å². The number of carbonyl (C=O) groups is 2. The molecule has 1 aromatic rings. The first-order valence-electron chi connectivity index (χ1n) is 7.07. The number of primary amides is 1. The summed E-state index contributed by atoms with van der Waals surface area (Å²) in [6.45, 7) is 3.19. The van der Waals surface area contributed by atoms with Crippen molar-refractivity contribution in [3.05, 3.63) is 29.3 Å². The van der Waals surface area contributed by atoms with Crippen molar-refractivity contribution in [3.63, 3.8) is 0 Å². The van der Waals surface area contributed by atoms with Gasteiger partial charge in [-0.2, -0.15) is 0 Å². The number of benzene rings is 1. The molecule has 2 atom stereocenters. The number of piperidine rings is 1. The van der Waals surface area contributed by atoms with Crippen molar-refractivity contribution >= 4 is 29.1 Å². The molecule has 1 aliphatic rings. The molecule has 2 rings (SSSR count). The zero-order chi connectivity index (χ0) is 15.4. The Balaban J connectivity index is 1.95. The first kappa shape index (κ1) is 15.8. The Morgan fingerprint density at radius 3 is 2.67 bits per heavy atom. The molecular formula is C15H20ClN3O2. The molecule has 1 heterocycles.